The van der Waals surface area contributed by atoms with E-state index in [1.807, 2.05) is 0 Å². The molecule has 34 heavy (non-hydrogen) atoms. The number of aromatic nitrogens is 1. The molecule has 0 saturated carbocycles. The molecule has 0 bridgehead atoms. The van der Waals surface area contributed by atoms with E-state index in [4.69, 9.17) is 9.36 Å². The average Bonchev–Trinajstić information content (AvgIpc) is 3.38. The van der Waals surface area contributed by atoms with E-state index in [1.54, 1.807) is 19.2 Å². The molecule has 0 saturated heterocycles. The predicted molar refractivity (Wildman–Crippen MR) is 119 cm³/mol. The molecule has 1 aromatic carbocycles. The van der Waals surface area contributed by atoms with Gasteiger partial charge in [0, 0.05) is 25.4 Å². The Labute approximate surface area is 196 Å². The fourth-order valence-electron chi connectivity index (χ4n) is 3.07. The number of sulfonamides is 1. The maximum atomic E-state index is 13.2. The molecule has 1 aliphatic heterocycles. The monoisotopic (exact) mass is 494 g/mol. The van der Waals surface area contributed by atoms with Gasteiger partial charge >= 0.3 is 11.9 Å². The van der Waals surface area contributed by atoms with Gasteiger partial charge in [-0.2, -0.15) is 9.79 Å². The normalized spacial score (nSPS) is 17.7. The number of hydroxylamine groups is 2. The molecule has 2 heterocycles. The third-order valence-corrected chi connectivity index (χ3v) is 6.23. The molecule has 0 spiro atoms. The second-order valence-electron chi connectivity index (χ2n) is 7.25. The number of carbonyl (C=O) groups is 2. The molecule has 0 aliphatic carbocycles. The van der Waals surface area contributed by atoms with E-state index in [1.165, 1.54) is 36.5 Å². The van der Waals surface area contributed by atoms with Crippen LogP contribution in [0.25, 0.3) is 0 Å². The van der Waals surface area contributed by atoms with Crippen molar-refractivity contribution >= 4 is 28.1 Å². The van der Waals surface area contributed by atoms with Gasteiger partial charge in [-0.3, -0.25) is 25.3 Å². The molecule has 0 radical (unpaired) electrons. The molecule has 2 atom stereocenters. The molecule has 1 aliphatic rings. The van der Waals surface area contributed by atoms with Gasteiger partial charge in [0.05, 0.1) is 17.7 Å². The predicted octanol–water partition coefficient (Wildman–Crippen LogP) is 0.155. The highest BCUT2D eigenvalue weighted by molar-refractivity contribution is 7.89. The minimum Gasteiger partial charge on any atom is -0.478 e. The summed E-state index contributed by atoms with van der Waals surface area (Å²) >= 11 is 0. The van der Waals surface area contributed by atoms with Crippen molar-refractivity contribution < 1.29 is 32.5 Å². The van der Waals surface area contributed by atoms with E-state index in [2.05, 4.69) is 25.5 Å². The van der Waals surface area contributed by atoms with E-state index in [9.17, 15) is 23.1 Å². The number of carbonyl (C=O) groups excluding carboxylic acids is 1. The Hall–Kier alpha value is -3.17. The third-order valence-electron chi connectivity index (χ3n) is 4.73. The topological polar surface area (TPSA) is 175 Å². The molecule has 2 aromatic rings. The lowest BCUT2D eigenvalue weighted by Gasteiger charge is -2.39. The summed E-state index contributed by atoms with van der Waals surface area (Å²) in [5.41, 5.74) is -2.62. The summed E-state index contributed by atoms with van der Waals surface area (Å²) in [6.07, 6.45) is 3.22. The van der Waals surface area contributed by atoms with Crippen LogP contribution in [0.2, 0.25) is 0 Å². The molecular formula is C20H26N6O7S. The van der Waals surface area contributed by atoms with Crippen molar-refractivity contribution in [3.8, 4) is 0 Å². The lowest BCUT2D eigenvalue weighted by atomic mass is 10.1. The second-order valence-corrected chi connectivity index (χ2v) is 8.93. The van der Waals surface area contributed by atoms with Crippen molar-refractivity contribution in [2.75, 3.05) is 19.7 Å². The van der Waals surface area contributed by atoms with E-state index in [0.29, 0.717) is 24.4 Å². The number of hydrogen-bond donors (Lipinski definition) is 4. The smallest absolute Gasteiger partial charge is 0.349 e. The summed E-state index contributed by atoms with van der Waals surface area (Å²) in [7, 11) is -4.44. The van der Waals surface area contributed by atoms with Crippen molar-refractivity contribution in [1.82, 2.24) is 25.6 Å². The number of nitrogens with one attached hydrogen (secondary N) is 3. The van der Waals surface area contributed by atoms with Crippen LogP contribution in [0.3, 0.4) is 0 Å². The lowest BCUT2D eigenvalue weighted by Crippen LogP contribution is -2.72. The molecule has 14 heteroatoms. The molecule has 4 N–H and O–H groups in total. The van der Waals surface area contributed by atoms with Gasteiger partial charge in [0.1, 0.15) is 0 Å². The standard InChI is InChI=1S/C20H26N6O7S/c1-2-13-32-26(17(27)16-9-12-24-33-16)20(18(28)29,14-23-19-21-10-6-11-22-19)25-34(30,31)15-7-4-3-5-8-15/h3-5,7-10,12,19,22-23,25H,2,6,11,13-14H2,1H3,(H,28,29). The van der Waals surface area contributed by atoms with Crippen LogP contribution in [0, 0.1) is 0 Å². The highest BCUT2D eigenvalue weighted by Gasteiger charge is 2.52. The first-order valence-corrected chi connectivity index (χ1v) is 12.0. The average molecular weight is 495 g/mol. The quantitative estimate of drug-likeness (QED) is 0.235. The van der Waals surface area contributed by atoms with E-state index in [-0.39, 0.29) is 17.3 Å². The SMILES string of the molecule is CCCON(C(=O)c1ccno1)C(CNC1N=CCCN1)(NS(=O)(=O)c1ccccc1)C(=O)O. The molecule has 1 aromatic heterocycles. The molecule has 0 fully saturated rings. The molecular weight excluding hydrogens is 468 g/mol. The van der Waals surface area contributed by atoms with Gasteiger partial charge in [-0.1, -0.05) is 30.3 Å². The van der Waals surface area contributed by atoms with E-state index in [0.717, 1.165) is 0 Å². The Morgan fingerprint density at radius 1 is 1.32 bits per heavy atom. The van der Waals surface area contributed by atoms with Gasteiger partial charge in [-0.15, -0.1) is 0 Å². The Bertz CT molecular complexity index is 1090. The van der Waals surface area contributed by atoms with Crippen molar-refractivity contribution in [2.45, 2.75) is 36.6 Å². The lowest BCUT2D eigenvalue weighted by molar-refractivity contribution is -0.205. The molecule has 3 rings (SSSR count). The van der Waals surface area contributed by atoms with Gasteiger partial charge < -0.3 is 9.63 Å². The van der Waals surface area contributed by atoms with Gasteiger partial charge in [-0.25, -0.2) is 13.2 Å². The summed E-state index contributed by atoms with van der Waals surface area (Å²) < 4.78 is 33.5. The number of carboxylic acids is 1. The Balaban J connectivity index is 2.07. The fourth-order valence-corrected chi connectivity index (χ4v) is 4.39. The highest BCUT2D eigenvalue weighted by Crippen LogP contribution is 2.22. The maximum Gasteiger partial charge on any atom is 0.349 e. The summed E-state index contributed by atoms with van der Waals surface area (Å²) in [5, 5.41) is 20.1. The van der Waals surface area contributed by atoms with Crippen molar-refractivity contribution in [3.05, 3.63) is 48.4 Å². The zero-order valence-corrected chi connectivity index (χ0v) is 19.2. The Morgan fingerprint density at radius 3 is 2.68 bits per heavy atom. The van der Waals surface area contributed by atoms with Gasteiger partial charge in [0.15, 0.2) is 6.29 Å². The number of amides is 1. The minimum absolute atomic E-state index is 0.0815. The fraction of sp³-hybridized carbons (Fsp3) is 0.400. The zero-order valence-electron chi connectivity index (χ0n) is 18.4. The van der Waals surface area contributed by atoms with Crippen LogP contribution in [0.4, 0.5) is 0 Å². The highest BCUT2D eigenvalue weighted by atomic mass is 32.2. The summed E-state index contributed by atoms with van der Waals surface area (Å²) in [6.45, 7) is 1.63. The van der Waals surface area contributed by atoms with Gasteiger partial charge in [0.25, 0.3) is 0 Å². The van der Waals surface area contributed by atoms with Crippen LogP contribution in [0.1, 0.15) is 30.3 Å². The van der Waals surface area contributed by atoms with Crippen LogP contribution in [-0.4, -0.2) is 73.5 Å². The number of carboxylic acid groups (broad SMARTS) is 1. The first-order chi connectivity index (χ1) is 16.3. The Morgan fingerprint density at radius 2 is 2.09 bits per heavy atom. The number of aliphatic carboxylic acids is 1. The number of hydrogen-bond acceptors (Lipinski definition) is 10. The summed E-state index contributed by atoms with van der Waals surface area (Å²) in [6, 6.07) is 8.39. The van der Waals surface area contributed by atoms with Crippen LogP contribution >= 0.6 is 0 Å². The largest absolute Gasteiger partial charge is 0.478 e. The number of aliphatic imine (C=N–C) groups is 1. The maximum absolute atomic E-state index is 13.2. The van der Waals surface area contributed by atoms with Gasteiger partial charge in [-0.05, 0) is 25.0 Å². The van der Waals surface area contributed by atoms with Crippen LogP contribution < -0.4 is 15.4 Å². The van der Waals surface area contributed by atoms with E-state index >= 15 is 0 Å². The van der Waals surface area contributed by atoms with E-state index < -0.39 is 40.4 Å². The Kier molecular flexibility index (Phi) is 8.46. The van der Waals surface area contributed by atoms with Crippen LogP contribution in [0.5, 0.6) is 0 Å². The number of benzene rings is 1. The summed E-state index contributed by atoms with van der Waals surface area (Å²) in [5.74, 6) is -3.07. The van der Waals surface area contributed by atoms with Crippen LogP contribution in [0.15, 0.2) is 57.0 Å². The zero-order chi connectivity index (χ0) is 24.6. The van der Waals surface area contributed by atoms with Crippen molar-refractivity contribution in [1.29, 1.82) is 0 Å². The third kappa shape index (κ3) is 5.84. The molecule has 2 unspecified atom stereocenters. The minimum atomic E-state index is -4.44. The van der Waals surface area contributed by atoms with Crippen LogP contribution in [-0.2, 0) is 19.7 Å². The second kappa shape index (κ2) is 11.3. The van der Waals surface area contributed by atoms with Crippen molar-refractivity contribution in [3.63, 3.8) is 0 Å². The number of nitrogens with zero attached hydrogens (tertiary/aromatic N) is 3. The molecule has 13 nitrogen and oxygen atoms in total. The van der Waals surface area contributed by atoms with Crippen molar-refractivity contribution in [2.24, 2.45) is 4.99 Å². The number of rotatable bonds is 12. The van der Waals surface area contributed by atoms with Gasteiger partial charge in [0.2, 0.25) is 21.4 Å². The first-order valence-electron chi connectivity index (χ1n) is 10.5. The molecule has 1 amide bonds. The summed E-state index contributed by atoms with van der Waals surface area (Å²) in [4.78, 5) is 35.5. The first kappa shape index (κ1) is 25.5. The molecule has 184 valence electrons.